The smallest absolute Gasteiger partial charge is 0.0992 e. The molecule has 2 heteroatoms. The summed E-state index contributed by atoms with van der Waals surface area (Å²) >= 11 is 0. The van der Waals surface area contributed by atoms with Crippen molar-refractivity contribution < 1.29 is 0 Å². The Morgan fingerprint density at radius 2 is 1.79 bits per heavy atom. The fourth-order valence-electron chi connectivity index (χ4n) is 1.40. The first-order valence-corrected chi connectivity index (χ1v) is 5.05. The molecule has 0 heterocycles. The van der Waals surface area contributed by atoms with Gasteiger partial charge in [-0.1, -0.05) is 30.3 Å². The Hall–Kier alpha value is -1.44. The predicted molar refractivity (Wildman–Crippen MR) is 61.5 cm³/mol. The quantitative estimate of drug-likeness (QED) is 0.789. The highest BCUT2D eigenvalue weighted by Gasteiger charge is 1.99. The van der Waals surface area contributed by atoms with Gasteiger partial charge in [0.05, 0.1) is 5.82 Å². The second kappa shape index (κ2) is 5.32. The molecule has 0 bridgehead atoms. The fourth-order valence-corrected chi connectivity index (χ4v) is 1.40. The number of nitrogens with zero attached hydrogens (tertiary/aromatic N) is 1. The summed E-state index contributed by atoms with van der Waals surface area (Å²) in [6.45, 7) is 6.11. The molecule has 1 aromatic rings. The zero-order chi connectivity index (χ0) is 10.4. The van der Waals surface area contributed by atoms with E-state index in [4.69, 9.17) is 5.73 Å². The van der Waals surface area contributed by atoms with Crippen LogP contribution >= 0.6 is 0 Å². The first-order chi connectivity index (χ1) is 6.77. The van der Waals surface area contributed by atoms with Gasteiger partial charge < -0.3 is 10.6 Å². The van der Waals surface area contributed by atoms with Crippen LogP contribution in [0.3, 0.4) is 0 Å². The van der Waals surface area contributed by atoms with Crippen molar-refractivity contribution in [1.82, 2.24) is 4.90 Å². The van der Waals surface area contributed by atoms with Crippen LogP contribution in [0.5, 0.6) is 0 Å². The van der Waals surface area contributed by atoms with E-state index >= 15 is 0 Å². The maximum absolute atomic E-state index is 5.96. The molecule has 0 aliphatic carbocycles. The first kappa shape index (κ1) is 10.6. The molecule has 0 atom stereocenters. The third-order valence-electron chi connectivity index (χ3n) is 2.24. The van der Waals surface area contributed by atoms with E-state index in [1.165, 1.54) is 0 Å². The average Bonchev–Trinajstić information content (AvgIpc) is 2.21. The highest BCUT2D eigenvalue weighted by molar-refractivity contribution is 5.51. The molecule has 0 aliphatic rings. The molecule has 0 saturated carbocycles. The van der Waals surface area contributed by atoms with E-state index in [1.807, 2.05) is 24.3 Å². The van der Waals surface area contributed by atoms with Gasteiger partial charge in [0, 0.05) is 13.1 Å². The monoisotopic (exact) mass is 190 g/mol. The zero-order valence-electron chi connectivity index (χ0n) is 8.90. The summed E-state index contributed by atoms with van der Waals surface area (Å²) in [5.74, 6) is 0.834. The second-order valence-corrected chi connectivity index (χ2v) is 3.15. The van der Waals surface area contributed by atoms with E-state index in [-0.39, 0.29) is 0 Å². The number of hydrogen-bond acceptors (Lipinski definition) is 2. The van der Waals surface area contributed by atoms with Crippen LogP contribution in [0, 0.1) is 0 Å². The molecule has 0 saturated heterocycles. The molecular formula is C12H18N2. The van der Waals surface area contributed by atoms with Crippen molar-refractivity contribution in [1.29, 1.82) is 0 Å². The minimum atomic E-state index is 0.834. The van der Waals surface area contributed by atoms with Gasteiger partial charge in [0.1, 0.15) is 0 Å². The Balaban J connectivity index is 2.77. The van der Waals surface area contributed by atoms with Gasteiger partial charge in [-0.05, 0) is 25.5 Å². The van der Waals surface area contributed by atoms with E-state index in [2.05, 4.69) is 30.9 Å². The summed E-state index contributed by atoms with van der Waals surface area (Å²) < 4.78 is 0. The molecule has 0 aliphatic heterocycles. The molecule has 2 nitrogen and oxygen atoms in total. The van der Waals surface area contributed by atoms with Gasteiger partial charge in [-0.3, -0.25) is 0 Å². The lowest BCUT2D eigenvalue weighted by Crippen LogP contribution is -2.26. The van der Waals surface area contributed by atoms with Gasteiger partial charge in [0.15, 0.2) is 0 Å². The van der Waals surface area contributed by atoms with Crippen LogP contribution in [0.15, 0.2) is 36.2 Å². The minimum Gasteiger partial charge on any atom is -0.385 e. The molecule has 14 heavy (non-hydrogen) atoms. The molecule has 0 spiro atoms. The van der Waals surface area contributed by atoms with Gasteiger partial charge >= 0.3 is 0 Å². The van der Waals surface area contributed by atoms with Gasteiger partial charge in [-0.15, -0.1) is 0 Å². The maximum Gasteiger partial charge on any atom is 0.0992 e. The third-order valence-corrected chi connectivity index (χ3v) is 2.24. The van der Waals surface area contributed by atoms with Crippen LogP contribution in [0.1, 0.15) is 19.4 Å². The number of nitrogens with two attached hydrogens (primary N) is 1. The highest BCUT2D eigenvalue weighted by Crippen LogP contribution is 2.06. The van der Waals surface area contributed by atoms with E-state index < -0.39 is 0 Å². The van der Waals surface area contributed by atoms with Crippen LogP contribution in [0.25, 0.3) is 6.08 Å². The van der Waals surface area contributed by atoms with Gasteiger partial charge in [-0.2, -0.15) is 0 Å². The van der Waals surface area contributed by atoms with Crippen molar-refractivity contribution in [2.24, 2.45) is 5.73 Å². The molecule has 1 aromatic carbocycles. The van der Waals surface area contributed by atoms with Crippen molar-refractivity contribution in [3.63, 3.8) is 0 Å². The largest absolute Gasteiger partial charge is 0.385 e. The standard InChI is InChI=1S/C12H18N2/c1-3-14(4-2)12(13)10-11-8-6-5-7-9-11/h5-10H,3-4,13H2,1-2H3/b12-10+. The molecule has 0 aromatic heterocycles. The van der Waals surface area contributed by atoms with Crippen LogP contribution < -0.4 is 5.73 Å². The Kier molecular flexibility index (Phi) is 4.05. The van der Waals surface area contributed by atoms with Crippen LogP contribution in [-0.4, -0.2) is 18.0 Å². The van der Waals surface area contributed by atoms with Gasteiger partial charge in [0.2, 0.25) is 0 Å². The summed E-state index contributed by atoms with van der Waals surface area (Å²) in [7, 11) is 0. The second-order valence-electron chi connectivity index (χ2n) is 3.15. The van der Waals surface area contributed by atoms with Crippen molar-refractivity contribution in [3.8, 4) is 0 Å². The van der Waals surface area contributed by atoms with E-state index in [0.717, 1.165) is 24.5 Å². The summed E-state index contributed by atoms with van der Waals surface area (Å²) in [5.41, 5.74) is 7.11. The summed E-state index contributed by atoms with van der Waals surface area (Å²) in [6, 6.07) is 10.1. The Bertz CT molecular complexity index is 286. The Morgan fingerprint density at radius 3 is 2.29 bits per heavy atom. The van der Waals surface area contributed by atoms with Crippen molar-refractivity contribution in [3.05, 3.63) is 41.7 Å². The molecule has 1 rings (SSSR count). The predicted octanol–water partition coefficient (Wildman–Crippen LogP) is 2.29. The third kappa shape index (κ3) is 2.80. The SMILES string of the molecule is CCN(CC)/C(N)=C/c1ccccc1. The molecule has 0 unspecified atom stereocenters. The van der Waals surface area contributed by atoms with E-state index in [0.29, 0.717) is 0 Å². The molecule has 0 amide bonds. The van der Waals surface area contributed by atoms with E-state index in [9.17, 15) is 0 Å². The first-order valence-electron chi connectivity index (χ1n) is 5.05. The summed E-state index contributed by atoms with van der Waals surface area (Å²) in [4.78, 5) is 2.13. The normalized spacial score (nSPS) is 11.4. The number of rotatable bonds is 4. The fraction of sp³-hybridized carbons (Fsp3) is 0.333. The van der Waals surface area contributed by atoms with Crippen molar-refractivity contribution in [2.45, 2.75) is 13.8 Å². The molecule has 0 fully saturated rings. The highest BCUT2D eigenvalue weighted by atomic mass is 15.2. The zero-order valence-corrected chi connectivity index (χ0v) is 8.90. The lowest BCUT2D eigenvalue weighted by Gasteiger charge is -2.20. The Morgan fingerprint density at radius 1 is 1.21 bits per heavy atom. The van der Waals surface area contributed by atoms with E-state index in [1.54, 1.807) is 0 Å². The minimum absolute atomic E-state index is 0.834. The van der Waals surface area contributed by atoms with Crippen molar-refractivity contribution in [2.75, 3.05) is 13.1 Å². The Labute approximate surface area is 86.0 Å². The number of hydrogen-bond donors (Lipinski definition) is 1. The van der Waals surface area contributed by atoms with Crippen LogP contribution in [0.2, 0.25) is 0 Å². The maximum atomic E-state index is 5.96. The van der Waals surface area contributed by atoms with Crippen molar-refractivity contribution >= 4 is 6.08 Å². The lowest BCUT2D eigenvalue weighted by atomic mass is 10.2. The van der Waals surface area contributed by atoms with Crippen LogP contribution in [-0.2, 0) is 0 Å². The molecule has 2 N–H and O–H groups in total. The topological polar surface area (TPSA) is 29.3 Å². The lowest BCUT2D eigenvalue weighted by molar-refractivity contribution is 0.382. The van der Waals surface area contributed by atoms with Gasteiger partial charge in [0.25, 0.3) is 0 Å². The van der Waals surface area contributed by atoms with Gasteiger partial charge in [-0.25, -0.2) is 0 Å². The molecular weight excluding hydrogens is 172 g/mol. The summed E-state index contributed by atoms with van der Waals surface area (Å²) in [6.07, 6.45) is 2.01. The number of benzene rings is 1. The summed E-state index contributed by atoms with van der Waals surface area (Å²) in [5, 5.41) is 0. The average molecular weight is 190 g/mol. The molecule has 76 valence electrons. The van der Waals surface area contributed by atoms with Crippen LogP contribution in [0.4, 0.5) is 0 Å². The molecule has 0 radical (unpaired) electrons.